The topological polar surface area (TPSA) is 67.8 Å². The molecule has 2 saturated heterocycles. The number of aliphatic hydroxyl groups is 1. The monoisotopic (exact) mass is 201 g/mol. The molecule has 0 aromatic carbocycles. The van der Waals surface area contributed by atoms with Crippen molar-refractivity contribution in [3.05, 3.63) is 0 Å². The van der Waals surface area contributed by atoms with Gasteiger partial charge in [-0.2, -0.15) is 0 Å². The number of methoxy groups -OCH3 is 1. The Hall–Kier alpha value is -0.650. The van der Waals surface area contributed by atoms with Crippen LogP contribution in [-0.4, -0.2) is 49.6 Å². The van der Waals surface area contributed by atoms with E-state index in [2.05, 4.69) is 5.32 Å². The average Bonchev–Trinajstić information content (AvgIpc) is 2.73. The van der Waals surface area contributed by atoms with Gasteiger partial charge in [0.25, 0.3) is 0 Å². The third kappa shape index (κ3) is 1.24. The predicted octanol–water partition coefficient (Wildman–Crippen LogP) is -1.10. The number of carbonyl (C=O) groups excluding carboxylic acids is 1. The van der Waals surface area contributed by atoms with Crippen molar-refractivity contribution in [3.8, 4) is 0 Å². The highest BCUT2D eigenvalue weighted by atomic mass is 16.6. The van der Waals surface area contributed by atoms with E-state index >= 15 is 0 Å². The van der Waals surface area contributed by atoms with Crippen LogP contribution < -0.4 is 5.32 Å². The van der Waals surface area contributed by atoms with Crippen LogP contribution in [-0.2, 0) is 14.3 Å². The standard InChI is InChI=1S/C9H15NO4/c1-10-9(12)4-3-5-8(13-2)6(11)7(4)14-5/h4-8,11H,3H2,1-2H3,(H,10,12)/t4?,5?,6-,7+,8?/m1/s1. The summed E-state index contributed by atoms with van der Waals surface area (Å²) in [7, 11) is 3.14. The number of fused-ring (bicyclic) bond motifs is 2. The first-order chi connectivity index (χ1) is 6.69. The number of hydrogen-bond donors (Lipinski definition) is 2. The quantitative estimate of drug-likeness (QED) is 0.595. The van der Waals surface area contributed by atoms with Crippen molar-refractivity contribution < 1.29 is 19.4 Å². The molecule has 3 unspecified atom stereocenters. The Labute approximate surface area is 82.4 Å². The molecule has 2 N–H and O–H groups in total. The first-order valence-electron chi connectivity index (χ1n) is 4.77. The Morgan fingerprint density at radius 2 is 2.36 bits per heavy atom. The largest absolute Gasteiger partial charge is 0.388 e. The zero-order chi connectivity index (χ0) is 10.3. The van der Waals surface area contributed by atoms with Gasteiger partial charge in [-0.05, 0) is 6.42 Å². The Balaban J connectivity index is 2.08. The molecule has 2 rings (SSSR count). The molecule has 0 aliphatic carbocycles. The first-order valence-corrected chi connectivity index (χ1v) is 4.77. The van der Waals surface area contributed by atoms with E-state index in [0.29, 0.717) is 6.42 Å². The van der Waals surface area contributed by atoms with Gasteiger partial charge in [-0.15, -0.1) is 0 Å². The fourth-order valence-corrected chi connectivity index (χ4v) is 2.41. The fraction of sp³-hybridized carbons (Fsp3) is 0.889. The van der Waals surface area contributed by atoms with Crippen LogP contribution in [0.5, 0.6) is 0 Å². The smallest absolute Gasteiger partial charge is 0.225 e. The maximum Gasteiger partial charge on any atom is 0.225 e. The zero-order valence-electron chi connectivity index (χ0n) is 8.27. The van der Waals surface area contributed by atoms with Crippen LogP contribution in [0.15, 0.2) is 0 Å². The highest BCUT2D eigenvalue weighted by Crippen LogP contribution is 2.40. The third-order valence-electron chi connectivity index (χ3n) is 3.11. The molecule has 2 fully saturated rings. The van der Waals surface area contributed by atoms with Gasteiger partial charge in [0, 0.05) is 14.2 Å². The zero-order valence-corrected chi connectivity index (χ0v) is 8.27. The molecule has 2 heterocycles. The molecule has 2 aliphatic heterocycles. The molecular weight excluding hydrogens is 186 g/mol. The summed E-state index contributed by atoms with van der Waals surface area (Å²) in [6.07, 6.45) is -0.853. The summed E-state index contributed by atoms with van der Waals surface area (Å²) in [5, 5.41) is 12.3. The van der Waals surface area contributed by atoms with Crippen molar-refractivity contribution in [1.29, 1.82) is 0 Å². The Bertz CT molecular complexity index is 243. The van der Waals surface area contributed by atoms with Crippen LogP contribution in [0.2, 0.25) is 0 Å². The minimum absolute atomic E-state index is 0.0638. The summed E-state index contributed by atoms with van der Waals surface area (Å²) in [5.74, 6) is -0.294. The van der Waals surface area contributed by atoms with Crippen molar-refractivity contribution in [2.24, 2.45) is 5.92 Å². The number of nitrogens with one attached hydrogen (secondary N) is 1. The lowest BCUT2D eigenvalue weighted by atomic mass is 9.85. The molecule has 0 radical (unpaired) electrons. The van der Waals surface area contributed by atoms with Crippen molar-refractivity contribution in [2.45, 2.75) is 30.8 Å². The molecule has 2 bridgehead atoms. The van der Waals surface area contributed by atoms with Gasteiger partial charge in [-0.1, -0.05) is 0 Å². The van der Waals surface area contributed by atoms with Crippen molar-refractivity contribution in [2.75, 3.05) is 14.2 Å². The van der Waals surface area contributed by atoms with Crippen LogP contribution in [0.4, 0.5) is 0 Å². The number of amides is 1. The van der Waals surface area contributed by atoms with Gasteiger partial charge >= 0.3 is 0 Å². The van der Waals surface area contributed by atoms with Gasteiger partial charge in [0.15, 0.2) is 0 Å². The number of hydrogen-bond acceptors (Lipinski definition) is 4. The van der Waals surface area contributed by atoms with E-state index in [0.717, 1.165) is 0 Å². The number of ether oxygens (including phenoxy) is 2. The maximum atomic E-state index is 11.4. The predicted molar refractivity (Wildman–Crippen MR) is 47.6 cm³/mol. The summed E-state index contributed by atoms with van der Waals surface area (Å²) in [4.78, 5) is 11.4. The summed E-state index contributed by atoms with van der Waals surface area (Å²) >= 11 is 0. The summed E-state index contributed by atoms with van der Waals surface area (Å²) in [6, 6.07) is 0. The third-order valence-corrected chi connectivity index (χ3v) is 3.11. The Kier molecular flexibility index (Phi) is 2.47. The van der Waals surface area contributed by atoms with Crippen molar-refractivity contribution >= 4 is 5.91 Å². The summed E-state index contributed by atoms with van der Waals surface area (Å²) < 4.78 is 10.6. The first kappa shape index (κ1) is 9.89. The van der Waals surface area contributed by atoms with Crippen LogP contribution >= 0.6 is 0 Å². The number of rotatable bonds is 2. The molecule has 5 heteroatoms. The molecule has 0 aromatic heterocycles. The molecule has 0 spiro atoms. The summed E-state index contributed by atoms with van der Waals surface area (Å²) in [5.41, 5.74) is 0. The fourth-order valence-electron chi connectivity index (χ4n) is 2.41. The van der Waals surface area contributed by atoms with Crippen LogP contribution in [0.25, 0.3) is 0 Å². The molecule has 0 saturated carbocycles. The lowest BCUT2D eigenvalue weighted by molar-refractivity contribution is -0.129. The minimum atomic E-state index is -0.680. The molecule has 0 aromatic rings. The van der Waals surface area contributed by atoms with E-state index in [1.165, 1.54) is 0 Å². The normalized spacial score (nSPS) is 45.5. The van der Waals surface area contributed by atoms with E-state index in [9.17, 15) is 9.90 Å². The van der Waals surface area contributed by atoms with Gasteiger partial charge in [-0.25, -0.2) is 0 Å². The van der Waals surface area contributed by atoms with Crippen molar-refractivity contribution in [3.63, 3.8) is 0 Å². The second-order valence-electron chi connectivity index (χ2n) is 3.79. The second-order valence-corrected chi connectivity index (χ2v) is 3.79. The van der Waals surface area contributed by atoms with Gasteiger partial charge in [-0.3, -0.25) is 4.79 Å². The van der Waals surface area contributed by atoms with Crippen LogP contribution in [0.1, 0.15) is 6.42 Å². The molecule has 1 amide bonds. The maximum absolute atomic E-state index is 11.4. The molecule has 5 atom stereocenters. The minimum Gasteiger partial charge on any atom is -0.388 e. The van der Waals surface area contributed by atoms with Gasteiger partial charge in [0.2, 0.25) is 5.91 Å². The molecule has 2 aliphatic rings. The van der Waals surface area contributed by atoms with Crippen LogP contribution in [0.3, 0.4) is 0 Å². The van der Waals surface area contributed by atoms with Crippen molar-refractivity contribution in [1.82, 2.24) is 5.32 Å². The Morgan fingerprint density at radius 3 is 2.86 bits per heavy atom. The van der Waals surface area contributed by atoms with Gasteiger partial charge in [0.1, 0.15) is 12.2 Å². The lowest BCUT2D eigenvalue weighted by Gasteiger charge is -2.27. The average molecular weight is 201 g/mol. The highest BCUT2D eigenvalue weighted by molar-refractivity contribution is 5.79. The van der Waals surface area contributed by atoms with Gasteiger partial charge < -0.3 is 19.9 Å². The molecular formula is C9H15NO4. The van der Waals surface area contributed by atoms with Gasteiger partial charge in [0.05, 0.1) is 18.1 Å². The van der Waals surface area contributed by atoms with E-state index in [1.807, 2.05) is 0 Å². The second kappa shape index (κ2) is 3.49. The number of carbonyl (C=O) groups is 1. The molecule has 5 nitrogen and oxygen atoms in total. The summed E-state index contributed by atoms with van der Waals surface area (Å²) in [6.45, 7) is 0. The molecule has 14 heavy (non-hydrogen) atoms. The van der Waals surface area contributed by atoms with E-state index in [-0.39, 0.29) is 24.0 Å². The van der Waals surface area contributed by atoms with E-state index < -0.39 is 12.2 Å². The van der Waals surface area contributed by atoms with E-state index in [4.69, 9.17) is 9.47 Å². The lowest BCUT2D eigenvalue weighted by Crippen LogP contribution is -2.47. The van der Waals surface area contributed by atoms with E-state index in [1.54, 1.807) is 14.2 Å². The molecule has 80 valence electrons. The Morgan fingerprint density at radius 1 is 1.64 bits per heavy atom. The SMILES string of the molecule is CNC(=O)C1CC2O[C@@H]1[C@@H](O)C2OC. The van der Waals surface area contributed by atoms with Crippen LogP contribution in [0, 0.1) is 5.92 Å². The highest BCUT2D eigenvalue weighted by Gasteiger charge is 2.56. The number of aliphatic hydroxyl groups excluding tert-OH is 1.